The van der Waals surface area contributed by atoms with Crippen LogP contribution in [0.15, 0.2) is 18.2 Å². The van der Waals surface area contributed by atoms with E-state index < -0.39 is 41.5 Å². The summed E-state index contributed by atoms with van der Waals surface area (Å²) in [6.45, 7) is -0.248. The predicted molar refractivity (Wildman–Crippen MR) is 82.5 cm³/mol. The van der Waals surface area contributed by atoms with Crippen molar-refractivity contribution in [3.05, 3.63) is 23.8 Å². The Morgan fingerprint density at radius 3 is 2.42 bits per heavy atom. The topological polar surface area (TPSA) is 121 Å². The summed E-state index contributed by atoms with van der Waals surface area (Å²) in [5.74, 6) is -3.95. The molecular weight excluding hydrogens is 348 g/mol. The summed E-state index contributed by atoms with van der Waals surface area (Å²) in [6.07, 6.45) is -2.74. The molecule has 4 rings (SSSR count). The largest absolute Gasteiger partial charge is 0.497 e. The molecule has 1 spiro atoms. The van der Waals surface area contributed by atoms with Crippen molar-refractivity contribution >= 4 is 11.9 Å². The highest BCUT2D eigenvalue weighted by molar-refractivity contribution is 5.92. The van der Waals surface area contributed by atoms with Crippen LogP contribution in [0, 0.1) is 0 Å². The van der Waals surface area contributed by atoms with Gasteiger partial charge in [-0.2, -0.15) is 0 Å². The van der Waals surface area contributed by atoms with E-state index in [1.807, 2.05) is 0 Å². The van der Waals surface area contributed by atoms with Gasteiger partial charge in [-0.05, 0) is 17.7 Å². The minimum Gasteiger partial charge on any atom is -0.497 e. The highest BCUT2D eigenvalue weighted by atomic mass is 16.7. The minimum atomic E-state index is -2.28. The number of esters is 2. The van der Waals surface area contributed by atoms with E-state index in [1.54, 1.807) is 18.2 Å². The van der Waals surface area contributed by atoms with Crippen LogP contribution in [0.4, 0.5) is 0 Å². The second-order valence-electron chi connectivity index (χ2n) is 6.51. The molecule has 0 bridgehead atoms. The molecule has 5 atom stereocenters. The molecule has 0 aromatic heterocycles. The summed E-state index contributed by atoms with van der Waals surface area (Å²) in [5.41, 5.74) is -1.63. The summed E-state index contributed by atoms with van der Waals surface area (Å²) >= 11 is 0. The molecule has 9 nitrogen and oxygen atoms in total. The summed E-state index contributed by atoms with van der Waals surface area (Å²) in [4.78, 5) is 24.8. The lowest BCUT2D eigenvalue weighted by Gasteiger charge is -2.35. The van der Waals surface area contributed by atoms with Gasteiger partial charge in [-0.1, -0.05) is 0 Å². The molecule has 9 heteroatoms. The highest BCUT2D eigenvalue weighted by Gasteiger charge is 2.80. The Bertz CT molecular complexity index is 755. The average molecular weight is 366 g/mol. The van der Waals surface area contributed by atoms with Crippen LogP contribution in [0.2, 0.25) is 0 Å². The second kappa shape index (κ2) is 5.57. The van der Waals surface area contributed by atoms with E-state index in [0.29, 0.717) is 17.1 Å². The fourth-order valence-corrected chi connectivity index (χ4v) is 3.96. The molecule has 0 amide bonds. The summed E-state index contributed by atoms with van der Waals surface area (Å²) in [6, 6.07) is 4.87. The number of fused-ring (bicyclic) bond motifs is 2. The number of aliphatic hydroxyl groups excluding tert-OH is 1. The van der Waals surface area contributed by atoms with Crippen LogP contribution < -0.4 is 9.47 Å². The molecule has 0 radical (unpaired) electrons. The van der Waals surface area contributed by atoms with Gasteiger partial charge in [0.05, 0.1) is 33.2 Å². The lowest BCUT2D eigenvalue weighted by Crippen LogP contribution is -2.60. The van der Waals surface area contributed by atoms with E-state index in [2.05, 4.69) is 0 Å². The molecule has 1 aromatic carbocycles. The average Bonchev–Trinajstić information content (AvgIpc) is 3.21. The predicted octanol–water partition coefficient (Wildman–Crippen LogP) is -0.522. The van der Waals surface area contributed by atoms with Gasteiger partial charge in [0.15, 0.2) is 6.10 Å². The first kappa shape index (κ1) is 17.1. The third-order valence-electron chi connectivity index (χ3n) is 5.19. The number of hydrogen-bond acceptors (Lipinski definition) is 9. The van der Waals surface area contributed by atoms with Crippen LogP contribution in [-0.2, 0) is 23.8 Å². The van der Waals surface area contributed by atoms with Crippen LogP contribution in [0.1, 0.15) is 17.9 Å². The molecule has 3 saturated heterocycles. The van der Waals surface area contributed by atoms with Crippen molar-refractivity contribution < 1.29 is 43.5 Å². The van der Waals surface area contributed by atoms with Crippen LogP contribution in [-0.4, -0.2) is 66.6 Å². The van der Waals surface area contributed by atoms with Gasteiger partial charge in [-0.15, -0.1) is 0 Å². The molecular formula is C17H18O9. The standard InChI is InChI=1S/C17H18O9/c1-22-9-3-8(4-10(5-9)23-2)11-6-13(19)26-16(11)15(20)25-14-12(18)7-24-17(14,16)21/h3-5,11-12,14,18,21H,6-7H2,1-2H3/t11-,12+,14-,16-,17+/m1/s1. The maximum absolute atomic E-state index is 12.7. The fraction of sp³-hybridized carbons (Fsp3) is 0.529. The first-order chi connectivity index (χ1) is 12.4. The maximum Gasteiger partial charge on any atom is 0.357 e. The zero-order valence-corrected chi connectivity index (χ0v) is 14.1. The minimum absolute atomic E-state index is 0.181. The van der Waals surface area contributed by atoms with Crippen molar-refractivity contribution in [1.29, 1.82) is 0 Å². The summed E-state index contributed by atoms with van der Waals surface area (Å²) in [5, 5.41) is 21.0. The molecule has 3 heterocycles. The maximum atomic E-state index is 12.7. The monoisotopic (exact) mass is 366 g/mol. The van der Waals surface area contributed by atoms with E-state index in [-0.39, 0.29) is 13.0 Å². The Kier molecular flexibility index (Phi) is 3.66. The quantitative estimate of drug-likeness (QED) is 0.681. The van der Waals surface area contributed by atoms with Gasteiger partial charge in [0.25, 0.3) is 11.4 Å². The van der Waals surface area contributed by atoms with E-state index in [4.69, 9.17) is 23.7 Å². The van der Waals surface area contributed by atoms with Gasteiger partial charge in [0.2, 0.25) is 0 Å². The third kappa shape index (κ3) is 2.01. The van der Waals surface area contributed by atoms with Gasteiger partial charge >= 0.3 is 11.9 Å². The summed E-state index contributed by atoms with van der Waals surface area (Å²) in [7, 11) is 2.93. The van der Waals surface area contributed by atoms with Gasteiger partial charge < -0.3 is 33.9 Å². The molecule has 1 aromatic rings. The molecule has 3 aliphatic rings. The number of rotatable bonds is 3. The first-order valence-electron chi connectivity index (χ1n) is 8.06. The number of hydrogen-bond donors (Lipinski definition) is 2. The van der Waals surface area contributed by atoms with Crippen molar-refractivity contribution in [3.8, 4) is 11.5 Å². The Balaban J connectivity index is 1.86. The zero-order chi connectivity index (χ0) is 18.7. The van der Waals surface area contributed by atoms with Gasteiger partial charge in [-0.25, -0.2) is 4.79 Å². The number of aliphatic hydroxyl groups is 2. The number of methoxy groups -OCH3 is 2. The van der Waals surface area contributed by atoms with Crippen LogP contribution >= 0.6 is 0 Å². The Hall–Kier alpha value is -2.36. The Morgan fingerprint density at radius 1 is 1.15 bits per heavy atom. The van der Waals surface area contributed by atoms with Gasteiger partial charge in [0.1, 0.15) is 17.6 Å². The molecule has 0 aliphatic carbocycles. The van der Waals surface area contributed by atoms with E-state index in [0.717, 1.165) is 0 Å². The van der Waals surface area contributed by atoms with Gasteiger partial charge in [-0.3, -0.25) is 4.79 Å². The SMILES string of the molecule is COc1cc(OC)cc([C@H]2CC(=O)O[C@@]23C(=O)O[C@@H]2[C@@H](O)CO[C@@]23O)c1. The fourth-order valence-electron chi connectivity index (χ4n) is 3.96. The lowest BCUT2D eigenvalue weighted by molar-refractivity contribution is -0.264. The molecule has 2 N–H and O–H groups in total. The molecule has 140 valence electrons. The highest BCUT2D eigenvalue weighted by Crippen LogP contribution is 2.56. The van der Waals surface area contributed by atoms with Crippen molar-refractivity contribution in [1.82, 2.24) is 0 Å². The smallest absolute Gasteiger partial charge is 0.357 e. The van der Waals surface area contributed by atoms with Gasteiger partial charge in [0, 0.05) is 6.07 Å². The van der Waals surface area contributed by atoms with Crippen LogP contribution in [0.25, 0.3) is 0 Å². The number of carbonyl (C=O) groups excluding carboxylic acids is 2. The molecule has 0 unspecified atom stereocenters. The van der Waals surface area contributed by atoms with E-state index in [9.17, 15) is 19.8 Å². The number of ether oxygens (including phenoxy) is 5. The normalized spacial score (nSPS) is 38.2. The first-order valence-corrected chi connectivity index (χ1v) is 8.06. The van der Waals surface area contributed by atoms with Crippen molar-refractivity contribution in [2.24, 2.45) is 0 Å². The number of carbonyl (C=O) groups is 2. The molecule has 26 heavy (non-hydrogen) atoms. The van der Waals surface area contributed by atoms with E-state index in [1.165, 1.54) is 14.2 Å². The van der Waals surface area contributed by atoms with Crippen LogP contribution in [0.3, 0.4) is 0 Å². The molecule has 3 fully saturated rings. The van der Waals surface area contributed by atoms with Crippen molar-refractivity contribution in [2.45, 2.75) is 35.9 Å². The van der Waals surface area contributed by atoms with Crippen molar-refractivity contribution in [3.63, 3.8) is 0 Å². The van der Waals surface area contributed by atoms with Crippen molar-refractivity contribution in [2.75, 3.05) is 20.8 Å². The second-order valence-corrected chi connectivity index (χ2v) is 6.51. The molecule has 0 saturated carbocycles. The van der Waals surface area contributed by atoms with E-state index >= 15 is 0 Å². The zero-order valence-electron chi connectivity index (χ0n) is 14.1. The Morgan fingerprint density at radius 2 is 1.81 bits per heavy atom. The molecule has 3 aliphatic heterocycles. The van der Waals surface area contributed by atoms with Crippen LogP contribution in [0.5, 0.6) is 11.5 Å². The Labute approximate surface area is 148 Å². The summed E-state index contributed by atoms with van der Waals surface area (Å²) < 4.78 is 26.3. The third-order valence-corrected chi connectivity index (χ3v) is 5.19. The lowest BCUT2D eigenvalue weighted by atomic mass is 9.76. The number of benzene rings is 1.